The molecule has 3 rings (SSSR count). The van der Waals surface area contributed by atoms with Gasteiger partial charge in [-0.3, -0.25) is 4.79 Å². The molecule has 5 heteroatoms. The van der Waals surface area contributed by atoms with E-state index < -0.39 is 0 Å². The van der Waals surface area contributed by atoms with Crippen molar-refractivity contribution in [3.63, 3.8) is 0 Å². The molecule has 0 saturated heterocycles. The molecule has 2 fully saturated rings. The fraction of sp³-hybridized carbons (Fsp3) is 0.611. The van der Waals surface area contributed by atoms with Crippen molar-refractivity contribution in [1.82, 2.24) is 5.32 Å². The molecule has 0 radical (unpaired) electrons. The van der Waals surface area contributed by atoms with E-state index >= 15 is 0 Å². The number of fused-ring (bicyclic) bond motifs is 2. The third-order valence-corrected chi connectivity index (χ3v) is 5.27. The molecule has 1 aromatic carbocycles. The third kappa shape index (κ3) is 3.09. The van der Waals surface area contributed by atoms with Crippen LogP contribution in [-0.4, -0.2) is 27.2 Å². The third-order valence-electron chi connectivity index (χ3n) is 5.27. The normalized spacial score (nSPS) is 25.3. The summed E-state index contributed by atoms with van der Waals surface area (Å²) < 4.78 is 16.0. The predicted octanol–water partition coefficient (Wildman–Crippen LogP) is 2.76. The molecule has 126 valence electrons. The molecular formula is C18H25NO4. The molecule has 0 heterocycles. The van der Waals surface area contributed by atoms with Gasteiger partial charge in [0.15, 0.2) is 11.5 Å². The molecule has 1 aromatic rings. The largest absolute Gasteiger partial charge is 0.493 e. The van der Waals surface area contributed by atoms with Gasteiger partial charge in [-0.1, -0.05) is 6.42 Å². The van der Waals surface area contributed by atoms with E-state index in [4.69, 9.17) is 14.2 Å². The van der Waals surface area contributed by atoms with Crippen molar-refractivity contribution in [3.05, 3.63) is 17.7 Å². The maximum atomic E-state index is 12.4. The van der Waals surface area contributed by atoms with Crippen LogP contribution < -0.4 is 19.5 Å². The molecule has 2 saturated carbocycles. The summed E-state index contributed by atoms with van der Waals surface area (Å²) in [4.78, 5) is 12.4. The van der Waals surface area contributed by atoms with Crippen LogP contribution in [0.2, 0.25) is 0 Å². The first-order valence-electron chi connectivity index (χ1n) is 8.22. The average Bonchev–Trinajstić information content (AvgIpc) is 3.21. The number of carbonyl (C=O) groups is 1. The highest BCUT2D eigenvalue weighted by atomic mass is 16.5. The molecule has 1 N–H and O–H groups in total. The van der Waals surface area contributed by atoms with Crippen molar-refractivity contribution in [2.75, 3.05) is 21.3 Å². The fourth-order valence-electron chi connectivity index (χ4n) is 4.12. The molecule has 3 unspecified atom stereocenters. The van der Waals surface area contributed by atoms with E-state index in [1.54, 1.807) is 21.3 Å². The fourth-order valence-corrected chi connectivity index (χ4v) is 4.12. The highest BCUT2D eigenvalue weighted by molar-refractivity contribution is 5.79. The van der Waals surface area contributed by atoms with Gasteiger partial charge >= 0.3 is 0 Å². The van der Waals surface area contributed by atoms with Crippen molar-refractivity contribution in [2.45, 2.75) is 32.2 Å². The van der Waals surface area contributed by atoms with Gasteiger partial charge in [0.05, 0.1) is 21.3 Å². The minimum Gasteiger partial charge on any atom is -0.493 e. The van der Waals surface area contributed by atoms with Crippen molar-refractivity contribution in [1.29, 1.82) is 0 Å². The van der Waals surface area contributed by atoms with E-state index in [9.17, 15) is 4.79 Å². The topological polar surface area (TPSA) is 56.8 Å². The zero-order valence-electron chi connectivity index (χ0n) is 14.1. The Morgan fingerprint density at radius 2 is 1.78 bits per heavy atom. The van der Waals surface area contributed by atoms with Gasteiger partial charge in [0, 0.05) is 12.5 Å². The summed E-state index contributed by atoms with van der Waals surface area (Å²) in [6, 6.07) is 3.75. The Kier molecular flexibility index (Phi) is 4.64. The first kappa shape index (κ1) is 16.0. The van der Waals surface area contributed by atoms with Gasteiger partial charge in [-0.25, -0.2) is 0 Å². The molecule has 3 atom stereocenters. The highest BCUT2D eigenvalue weighted by Crippen LogP contribution is 2.48. The Morgan fingerprint density at radius 3 is 2.26 bits per heavy atom. The number of hydrogen-bond acceptors (Lipinski definition) is 4. The standard InChI is InChI=1S/C18H25NO4/c1-21-15-8-12(9-16(22-2)17(15)23-3)10-19-18(20)14-7-11-4-5-13(14)6-11/h8-9,11,13-14H,4-7,10H2,1-3H3,(H,19,20). The van der Waals surface area contributed by atoms with E-state index in [0.717, 1.165) is 17.9 Å². The van der Waals surface area contributed by atoms with Gasteiger partial charge in [-0.15, -0.1) is 0 Å². The monoisotopic (exact) mass is 319 g/mol. The smallest absolute Gasteiger partial charge is 0.223 e. The molecular weight excluding hydrogens is 294 g/mol. The van der Waals surface area contributed by atoms with Crippen LogP contribution in [0, 0.1) is 17.8 Å². The molecule has 23 heavy (non-hydrogen) atoms. The van der Waals surface area contributed by atoms with Gasteiger partial charge in [0.1, 0.15) is 0 Å². The summed E-state index contributed by atoms with van der Waals surface area (Å²) in [6.45, 7) is 0.476. The van der Waals surface area contributed by atoms with Gasteiger partial charge in [0.25, 0.3) is 0 Å². The van der Waals surface area contributed by atoms with Crippen molar-refractivity contribution in [3.8, 4) is 17.2 Å². The first-order chi connectivity index (χ1) is 11.2. The van der Waals surface area contributed by atoms with Crippen molar-refractivity contribution in [2.24, 2.45) is 17.8 Å². The number of nitrogens with one attached hydrogen (secondary N) is 1. The quantitative estimate of drug-likeness (QED) is 0.876. The molecule has 0 aliphatic heterocycles. The average molecular weight is 319 g/mol. The maximum Gasteiger partial charge on any atom is 0.223 e. The number of hydrogen-bond donors (Lipinski definition) is 1. The Bertz CT molecular complexity index is 561. The van der Waals surface area contributed by atoms with Crippen LogP contribution in [0.15, 0.2) is 12.1 Å². The van der Waals surface area contributed by atoms with Crippen LogP contribution in [0.5, 0.6) is 17.2 Å². The molecule has 2 aliphatic rings. The van der Waals surface area contributed by atoms with Gasteiger partial charge in [0.2, 0.25) is 11.7 Å². The van der Waals surface area contributed by atoms with Crippen molar-refractivity contribution < 1.29 is 19.0 Å². The number of carbonyl (C=O) groups excluding carboxylic acids is 1. The Morgan fingerprint density at radius 1 is 1.09 bits per heavy atom. The number of rotatable bonds is 6. The lowest BCUT2D eigenvalue weighted by atomic mass is 9.88. The lowest BCUT2D eigenvalue weighted by Crippen LogP contribution is -2.33. The number of amides is 1. The van der Waals surface area contributed by atoms with Crippen LogP contribution >= 0.6 is 0 Å². The van der Waals surface area contributed by atoms with Crippen LogP contribution in [0.25, 0.3) is 0 Å². The second-order valence-corrected chi connectivity index (χ2v) is 6.53. The molecule has 1 amide bonds. The number of ether oxygens (including phenoxy) is 3. The van der Waals surface area contributed by atoms with E-state index in [1.807, 2.05) is 12.1 Å². The minimum absolute atomic E-state index is 0.186. The van der Waals surface area contributed by atoms with Crippen LogP contribution in [0.4, 0.5) is 0 Å². The first-order valence-corrected chi connectivity index (χ1v) is 8.22. The summed E-state index contributed by atoms with van der Waals surface area (Å²) in [5.41, 5.74) is 0.941. The molecule has 0 aromatic heterocycles. The summed E-state index contributed by atoms with van der Waals surface area (Å²) in [7, 11) is 4.76. The van der Waals surface area contributed by atoms with Crippen molar-refractivity contribution >= 4 is 5.91 Å². The van der Waals surface area contributed by atoms with E-state index in [0.29, 0.717) is 29.7 Å². The van der Waals surface area contributed by atoms with E-state index in [1.165, 1.54) is 19.3 Å². The van der Waals surface area contributed by atoms with Crippen LogP contribution in [-0.2, 0) is 11.3 Å². The Hall–Kier alpha value is -1.91. The van der Waals surface area contributed by atoms with Gasteiger partial charge in [-0.05, 0) is 48.8 Å². The minimum atomic E-state index is 0.186. The zero-order chi connectivity index (χ0) is 16.4. The number of methoxy groups -OCH3 is 3. The lowest BCUT2D eigenvalue weighted by Gasteiger charge is -2.21. The summed E-state index contributed by atoms with van der Waals surface area (Å²) >= 11 is 0. The highest BCUT2D eigenvalue weighted by Gasteiger charge is 2.42. The van der Waals surface area contributed by atoms with Crippen LogP contribution in [0.1, 0.15) is 31.2 Å². The maximum absolute atomic E-state index is 12.4. The van der Waals surface area contributed by atoms with E-state index in [-0.39, 0.29) is 11.8 Å². The second-order valence-electron chi connectivity index (χ2n) is 6.53. The van der Waals surface area contributed by atoms with Crippen LogP contribution in [0.3, 0.4) is 0 Å². The summed E-state index contributed by atoms with van der Waals surface area (Å²) in [6.07, 6.45) is 4.82. The Labute approximate surface area is 137 Å². The lowest BCUT2D eigenvalue weighted by molar-refractivity contribution is -0.126. The molecule has 2 bridgehead atoms. The zero-order valence-corrected chi connectivity index (χ0v) is 14.1. The predicted molar refractivity (Wildman–Crippen MR) is 86.9 cm³/mol. The second kappa shape index (κ2) is 6.69. The molecule has 0 spiro atoms. The van der Waals surface area contributed by atoms with Gasteiger partial charge in [-0.2, -0.15) is 0 Å². The molecule has 5 nitrogen and oxygen atoms in total. The Balaban J connectivity index is 1.67. The number of benzene rings is 1. The summed E-state index contributed by atoms with van der Waals surface area (Å²) in [5, 5.41) is 3.07. The SMILES string of the molecule is COc1cc(CNC(=O)C2CC3CCC2C3)cc(OC)c1OC. The summed E-state index contributed by atoms with van der Waals surface area (Å²) in [5.74, 6) is 3.55. The van der Waals surface area contributed by atoms with E-state index in [2.05, 4.69) is 5.32 Å². The van der Waals surface area contributed by atoms with Gasteiger partial charge < -0.3 is 19.5 Å². The molecule has 2 aliphatic carbocycles.